The quantitative estimate of drug-likeness (QED) is 0.640. The van der Waals surface area contributed by atoms with Crippen LogP contribution in [0.2, 0.25) is 0 Å². The molecule has 0 atom stereocenters. The smallest absolute Gasteiger partial charge is 0.224 e. The second kappa shape index (κ2) is 5.41. The maximum Gasteiger partial charge on any atom is 0.224 e. The zero-order chi connectivity index (χ0) is 13.9. The van der Waals surface area contributed by atoms with E-state index >= 15 is 0 Å². The van der Waals surface area contributed by atoms with Crippen molar-refractivity contribution in [1.82, 2.24) is 5.32 Å². The number of anilines is 1. The van der Waals surface area contributed by atoms with Gasteiger partial charge in [0, 0.05) is 24.1 Å². The van der Waals surface area contributed by atoms with Crippen LogP contribution in [0.5, 0.6) is 0 Å². The summed E-state index contributed by atoms with van der Waals surface area (Å²) < 4.78 is 0. The standard InChI is InChI=1S/C15H19N3O/c1-15(2,10-17-8-7-16)12-4-5-13-11(9-12)3-6-14(19)18-13/h4-5,9,17H,3,6,8,10H2,1-2H3,(H,18,19). The Morgan fingerprint density at radius 2 is 2.21 bits per heavy atom. The van der Waals surface area contributed by atoms with Crippen LogP contribution >= 0.6 is 0 Å². The molecule has 2 N–H and O–H groups in total. The number of nitrogens with one attached hydrogen (secondary N) is 2. The van der Waals surface area contributed by atoms with Gasteiger partial charge in [0.2, 0.25) is 5.91 Å². The van der Waals surface area contributed by atoms with Crippen LogP contribution < -0.4 is 10.6 Å². The summed E-state index contributed by atoms with van der Waals surface area (Å²) >= 11 is 0. The summed E-state index contributed by atoms with van der Waals surface area (Å²) in [6, 6.07) is 8.29. The van der Waals surface area contributed by atoms with E-state index in [-0.39, 0.29) is 11.3 Å². The molecule has 1 aliphatic heterocycles. The number of fused-ring (bicyclic) bond motifs is 1. The van der Waals surface area contributed by atoms with Crippen molar-refractivity contribution >= 4 is 11.6 Å². The van der Waals surface area contributed by atoms with Crippen LogP contribution in [0.3, 0.4) is 0 Å². The first-order chi connectivity index (χ1) is 9.03. The Labute approximate surface area is 113 Å². The molecular weight excluding hydrogens is 238 g/mol. The zero-order valence-corrected chi connectivity index (χ0v) is 11.4. The molecule has 0 unspecified atom stereocenters. The second-order valence-electron chi connectivity index (χ2n) is 5.57. The van der Waals surface area contributed by atoms with Crippen molar-refractivity contribution < 1.29 is 4.79 Å². The highest BCUT2D eigenvalue weighted by Gasteiger charge is 2.23. The minimum atomic E-state index is -0.0344. The number of aryl methyl sites for hydroxylation is 1. The first-order valence-corrected chi connectivity index (χ1v) is 6.54. The fourth-order valence-corrected chi connectivity index (χ4v) is 2.34. The molecule has 0 bridgehead atoms. The highest BCUT2D eigenvalue weighted by Crippen LogP contribution is 2.29. The first kappa shape index (κ1) is 13.6. The summed E-state index contributed by atoms with van der Waals surface area (Å²) in [5.41, 5.74) is 3.33. The monoisotopic (exact) mass is 257 g/mol. The van der Waals surface area contributed by atoms with Gasteiger partial charge in [0.05, 0.1) is 12.6 Å². The van der Waals surface area contributed by atoms with Gasteiger partial charge in [-0.2, -0.15) is 5.26 Å². The highest BCUT2D eigenvalue weighted by atomic mass is 16.1. The van der Waals surface area contributed by atoms with E-state index < -0.39 is 0 Å². The third-order valence-electron chi connectivity index (χ3n) is 3.55. The average Bonchev–Trinajstić information content (AvgIpc) is 2.38. The van der Waals surface area contributed by atoms with Crippen molar-refractivity contribution in [1.29, 1.82) is 5.26 Å². The maximum atomic E-state index is 11.3. The van der Waals surface area contributed by atoms with Gasteiger partial charge in [-0.15, -0.1) is 0 Å². The van der Waals surface area contributed by atoms with Gasteiger partial charge in [0.25, 0.3) is 0 Å². The summed E-state index contributed by atoms with van der Waals surface area (Å²) in [6.45, 7) is 5.43. The number of nitriles is 1. The Morgan fingerprint density at radius 3 is 2.95 bits per heavy atom. The van der Waals surface area contributed by atoms with E-state index in [1.807, 2.05) is 6.07 Å². The lowest BCUT2D eigenvalue weighted by molar-refractivity contribution is -0.116. The predicted molar refractivity (Wildman–Crippen MR) is 74.9 cm³/mol. The van der Waals surface area contributed by atoms with Crippen molar-refractivity contribution in [3.05, 3.63) is 29.3 Å². The average molecular weight is 257 g/mol. The molecule has 1 amide bonds. The summed E-state index contributed by atoms with van der Waals surface area (Å²) in [7, 11) is 0. The van der Waals surface area contributed by atoms with Gasteiger partial charge in [-0.05, 0) is 23.6 Å². The Balaban J connectivity index is 2.17. The summed E-state index contributed by atoms with van der Waals surface area (Å²) in [4.78, 5) is 11.3. The zero-order valence-electron chi connectivity index (χ0n) is 11.4. The van der Waals surface area contributed by atoms with Crippen LogP contribution in [0.1, 0.15) is 31.4 Å². The molecule has 4 nitrogen and oxygen atoms in total. The fraction of sp³-hybridized carbons (Fsp3) is 0.467. The Morgan fingerprint density at radius 1 is 1.42 bits per heavy atom. The van der Waals surface area contributed by atoms with Crippen molar-refractivity contribution in [2.75, 3.05) is 18.4 Å². The van der Waals surface area contributed by atoms with Gasteiger partial charge in [0.15, 0.2) is 0 Å². The third-order valence-corrected chi connectivity index (χ3v) is 3.55. The molecule has 0 radical (unpaired) electrons. The molecule has 0 spiro atoms. The number of hydrogen-bond acceptors (Lipinski definition) is 3. The number of carbonyl (C=O) groups is 1. The van der Waals surface area contributed by atoms with E-state index in [0.29, 0.717) is 13.0 Å². The van der Waals surface area contributed by atoms with Crippen molar-refractivity contribution in [3.8, 4) is 6.07 Å². The Hall–Kier alpha value is -1.86. The first-order valence-electron chi connectivity index (χ1n) is 6.54. The van der Waals surface area contributed by atoms with E-state index in [9.17, 15) is 4.79 Å². The number of hydrogen-bond donors (Lipinski definition) is 2. The number of rotatable bonds is 4. The molecule has 0 aromatic heterocycles. The van der Waals surface area contributed by atoms with Gasteiger partial charge < -0.3 is 10.6 Å². The number of nitrogens with zero attached hydrogens (tertiary/aromatic N) is 1. The predicted octanol–water partition coefficient (Wildman–Crippen LogP) is 1.96. The van der Waals surface area contributed by atoms with Gasteiger partial charge in [-0.25, -0.2) is 0 Å². The minimum absolute atomic E-state index is 0.0344. The van der Waals surface area contributed by atoms with Crippen LogP contribution in [0.25, 0.3) is 0 Å². The third kappa shape index (κ3) is 3.12. The molecule has 1 heterocycles. The van der Waals surface area contributed by atoms with E-state index in [0.717, 1.165) is 18.7 Å². The molecule has 0 fully saturated rings. The largest absolute Gasteiger partial charge is 0.326 e. The van der Waals surface area contributed by atoms with Crippen LogP contribution in [0.15, 0.2) is 18.2 Å². The van der Waals surface area contributed by atoms with Gasteiger partial charge in [-0.1, -0.05) is 26.0 Å². The van der Waals surface area contributed by atoms with Gasteiger partial charge in [-0.3, -0.25) is 4.79 Å². The molecule has 100 valence electrons. The highest BCUT2D eigenvalue weighted by molar-refractivity contribution is 5.93. The lowest BCUT2D eigenvalue weighted by Crippen LogP contribution is -2.33. The molecule has 0 saturated heterocycles. The minimum Gasteiger partial charge on any atom is -0.326 e. The topological polar surface area (TPSA) is 64.9 Å². The van der Waals surface area contributed by atoms with Gasteiger partial charge >= 0.3 is 0 Å². The lowest BCUT2D eigenvalue weighted by atomic mass is 9.82. The van der Waals surface area contributed by atoms with E-state index in [1.165, 1.54) is 11.1 Å². The van der Waals surface area contributed by atoms with Crippen molar-refractivity contribution in [2.24, 2.45) is 0 Å². The fourth-order valence-electron chi connectivity index (χ4n) is 2.34. The van der Waals surface area contributed by atoms with Crippen molar-refractivity contribution in [3.63, 3.8) is 0 Å². The molecule has 4 heteroatoms. The molecule has 0 saturated carbocycles. The molecule has 2 rings (SSSR count). The van der Waals surface area contributed by atoms with Crippen LogP contribution in [0, 0.1) is 11.3 Å². The number of amides is 1. The normalized spacial score (nSPS) is 14.5. The summed E-state index contributed by atoms with van der Waals surface area (Å²) in [5, 5.41) is 14.6. The van der Waals surface area contributed by atoms with E-state index in [4.69, 9.17) is 5.26 Å². The van der Waals surface area contributed by atoms with Crippen LogP contribution in [0.4, 0.5) is 5.69 Å². The number of benzene rings is 1. The van der Waals surface area contributed by atoms with Crippen LogP contribution in [-0.4, -0.2) is 19.0 Å². The van der Waals surface area contributed by atoms with Crippen molar-refractivity contribution in [2.45, 2.75) is 32.1 Å². The Bertz CT molecular complexity index is 529. The maximum absolute atomic E-state index is 11.3. The Kier molecular flexibility index (Phi) is 3.87. The van der Waals surface area contributed by atoms with Crippen LogP contribution in [-0.2, 0) is 16.6 Å². The van der Waals surface area contributed by atoms with Gasteiger partial charge in [0.1, 0.15) is 0 Å². The summed E-state index contributed by atoms with van der Waals surface area (Å²) in [5.74, 6) is 0.0928. The molecule has 1 aliphatic rings. The number of carbonyl (C=O) groups excluding carboxylic acids is 1. The lowest BCUT2D eigenvalue weighted by Gasteiger charge is -2.27. The molecular formula is C15H19N3O. The van der Waals surface area contributed by atoms with E-state index in [1.54, 1.807) is 0 Å². The molecule has 1 aromatic rings. The SMILES string of the molecule is CC(C)(CNCC#N)c1ccc2c(c1)CCC(=O)N2. The molecule has 0 aliphatic carbocycles. The molecule has 19 heavy (non-hydrogen) atoms. The summed E-state index contributed by atoms with van der Waals surface area (Å²) in [6.07, 6.45) is 1.36. The second-order valence-corrected chi connectivity index (χ2v) is 5.57. The molecule has 1 aromatic carbocycles. The van der Waals surface area contributed by atoms with E-state index in [2.05, 4.69) is 42.7 Å².